The van der Waals surface area contributed by atoms with Crippen molar-refractivity contribution in [2.75, 3.05) is 26.2 Å². The second-order valence-electron chi connectivity index (χ2n) is 5.23. The molecular formula is C16H23ClN2O3. The molecule has 0 radical (unpaired) electrons. The second kappa shape index (κ2) is 8.76. The number of carbonyl (C=O) groups is 2. The molecule has 1 atom stereocenters. The Labute approximate surface area is 137 Å². The minimum atomic E-state index is -0.00212. The van der Waals surface area contributed by atoms with Gasteiger partial charge in [-0.05, 0) is 31.2 Å². The molecule has 2 rings (SSSR count). The fourth-order valence-electron chi connectivity index (χ4n) is 2.38. The molecule has 0 aromatic heterocycles. The molecule has 122 valence electrons. The fourth-order valence-corrected chi connectivity index (χ4v) is 2.38. The molecule has 1 aromatic carbocycles. The first-order valence-corrected chi connectivity index (χ1v) is 7.38. The van der Waals surface area contributed by atoms with Crippen LogP contribution in [0.3, 0.4) is 0 Å². The van der Waals surface area contributed by atoms with Crippen LogP contribution in [0.15, 0.2) is 24.3 Å². The van der Waals surface area contributed by atoms with Crippen LogP contribution in [-0.2, 0) is 4.79 Å². The minimum absolute atomic E-state index is 0. The first kappa shape index (κ1) is 18.5. The molecule has 1 aromatic rings. The van der Waals surface area contributed by atoms with E-state index in [1.807, 2.05) is 18.7 Å². The third-order valence-corrected chi connectivity index (χ3v) is 3.68. The van der Waals surface area contributed by atoms with Gasteiger partial charge >= 0.3 is 0 Å². The first-order valence-electron chi connectivity index (χ1n) is 7.38. The summed E-state index contributed by atoms with van der Waals surface area (Å²) in [5.74, 6) is 0.712. The van der Waals surface area contributed by atoms with Gasteiger partial charge in [0, 0.05) is 37.7 Å². The number of Topliss-reactive ketones (excluding diaryl/α,β-unsaturated/α-hetero) is 1. The zero-order valence-corrected chi connectivity index (χ0v) is 13.8. The van der Waals surface area contributed by atoms with Crippen LogP contribution in [0.2, 0.25) is 0 Å². The van der Waals surface area contributed by atoms with Gasteiger partial charge in [0.2, 0.25) is 0 Å². The van der Waals surface area contributed by atoms with Gasteiger partial charge in [0.15, 0.2) is 12.4 Å². The lowest BCUT2D eigenvalue weighted by molar-refractivity contribution is -0.136. The Hall–Kier alpha value is -1.59. The van der Waals surface area contributed by atoms with Crippen LogP contribution in [0, 0.1) is 0 Å². The number of nitrogens with one attached hydrogen (secondary N) is 1. The lowest BCUT2D eigenvalue weighted by atomic mass is 10.1. The molecule has 1 aliphatic rings. The monoisotopic (exact) mass is 326 g/mol. The van der Waals surface area contributed by atoms with Crippen molar-refractivity contribution >= 4 is 24.1 Å². The van der Waals surface area contributed by atoms with Crippen molar-refractivity contribution in [1.29, 1.82) is 0 Å². The van der Waals surface area contributed by atoms with Gasteiger partial charge in [-0.15, -0.1) is 12.4 Å². The highest BCUT2D eigenvalue weighted by Crippen LogP contribution is 2.14. The Morgan fingerprint density at radius 2 is 2.00 bits per heavy atom. The van der Waals surface area contributed by atoms with Gasteiger partial charge in [-0.1, -0.05) is 6.92 Å². The van der Waals surface area contributed by atoms with Crippen LogP contribution in [0.1, 0.15) is 30.6 Å². The quantitative estimate of drug-likeness (QED) is 0.840. The Kier molecular flexibility index (Phi) is 7.35. The summed E-state index contributed by atoms with van der Waals surface area (Å²) in [5.41, 5.74) is 0.673. The van der Waals surface area contributed by atoms with Crippen LogP contribution in [0.5, 0.6) is 5.75 Å². The van der Waals surface area contributed by atoms with Gasteiger partial charge < -0.3 is 15.0 Å². The maximum absolute atomic E-state index is 12.1. The van der Waals surface area contributed by atoms with Crippen molar-refractivity contribution in [2.45, 2.75) is 26.3 Å². The van der Waals surface area contributed by atoms with Gasteiger partial charge in [0.1, 0.15) is 5.75 Å². The number of hydrogen-bond donors (Lipinski definition) is 1. The Balaban J connectivity index is 0.00000242. The third kappa shape index (κ3) is 4.71. The number of rotatable bonds is 5. The zero-order valence-electron chi connectivity index (χ0n) is 13.0. The summed E-state index contributed by atoms with van der Waals surface area (Å²) in [6.07, 6.45) is 0.486. The normalized spacial score (nSPS) is 17.5. The SMILES string of the molecule is CCC(=O)c1ccc(OCC(=O)N2CCNC[C@H]2C)cc1.Cl. The summed E-state index contributed by atoms with van der Waals surface area (Å²) >= 11 is 0. The Bertz CT molecular complexity index is 505. The lowest BCUT2D eigenvalue weighted by Gasteiger charge is -2.33. The molecule has 1 saturated heterocycles. The average Bonchev–Trinajstić information content (AvgIpc) is 2.52. The van der Waals surface area contributed by atoms with Crippen molar-refractivity contribution in [2.24, 2.45) is 0 Å². The van der Waals surface area contributed by atoms with Crippen LogP contribution >= 0.6 is 12.4 Å². The summed E-state index contributed by atoms with van der Waals surface area (Å²) in [4.78, 5) is 25.5. The summed E-state index contributed by atoms with van der Waals surface area (Å²) in [6.45, 7) is 6.25. The molecule has 0 spiro atoms. The van der Waals surface area contributed by atoms with E-state index in [9.17, 15) is 9.59 Å². The standard InChI is InChI=1S/C16H22N2O3.ClH/c1-3-15(19)13-4-6-14(7-5-13)21-11-16(20)18-9-8-17-10-12(18)2;/h4-7,12,17H,3,8-11H2,1-2H3;1H/t12-;/m1./s1. The van der Waals surface area contributed by atoms with E-state index in [1.54, 1.807) is 24.3 Å². The average molecular weight is 327 g/mol. The lowest BCUT2D eigenvalue weighted by Crippen LogP contribution is -2.53. The predicted molar refractivity (Wildman–Crippen MR) is 87.9 cm³/mol. The number of ether oxygens (including phenoxy) is 1. The molecular weight excluding hydrogens is 304 g/mol. The number of ketones is 1. The van der Waals surface area contributed by atoms with Gasteiger partial charge in [-0.3, -0.25) is 9.59 Å². The van der Waals surface area contributed by atoms with E-state index in [0.29, 0.717) is 24.3 Å². The molecule has 0 unspecified atom stereocenters. The molecule has 5 nitrogen and oxygen atoms in total. The summed E-state index contributed by atoms with van der Waals surface area (Å²) < 4.78 is 5.51. The van der Waals surface area contributed by atoms with E-state index in [4.69, 9.17) is 4.74 Å². The third-order valence-electron chi connectivity index (χ3n) is 3.68. The molecule has 1 amide bonds. The van der Waals surface area contributed by atoms with Gasteiger partial charge in [-0.25, -0.2) is 0 Å². The number of piperazine rings is 1. The van der Waals surface area contributed by atoms with Gasteiger partial charge in [0.25, 0.3) is 5.91 Å². The van der Waals surface area contributed by atoms with Crippen molar-refractivity contribution in [1.82, 2.24) is 10.2 Å². The Morgan fingerprint density at radius 3 is 2.59 bits per heavy atom. The Morgan fingerprint density at radius 1 is 1.32 bits per heavy atom. The predicted octanol–water partition coefficient (Wildman–Crippen LogP) is 1.90. The van der Waals surface area contributed by atoms with Crippen molar-refractivity contribution in [3.63, 3.8) is 0 Å². The molecule has 1 heterocycles. The molecule has 1 N–H and O–H groups in total. The molecule has 22 heavy (non-hydrogen) atoms. The number of nitrogens with zero attached hydrogens (tertiary/aromatic N) is 1. The fraction of sp³-hybridized carbons (Fsp3) is 0.500. The van der Waals surface area contributed by atoms with E-state index in [0.717, 1.165) is 13.1 Å². The summed E-state index contributed by atoms with van der Waals surface area (Å²) in [7, 11) is 0. The molecule has 1 fully saturated rings. The van der Waals surface area contributed by atoms with E-state index >= 15 is 0 Å². The first-order chi connectivity index (χ1) is 10.1. The highest BCUT2D eigenvalue weighted by Gasteiger charge is 2.23. The number of carbonyl (C=O) groups excluding carboxylic acids is 2. The van der Waals surface area contributed by atoms with E-state index in [-0.39, 0.29) is 36.7 Å². The van der Waals surface area contributed by atoms with Crippen LogP contribution < -0.4 is 10.1 Å². The summed E-state index contributed by atoms with van der Waals surface area (Å²) in [6, 6.07) is 7.13. The number of hydrogen-bond acceptors (Lipinski definition) is 4. The molecule has 0 bridgehead atoms. The summed E-state index contributed by atoms with van der Waals surface area (Å²) in [5, 5.41) is 3.25. The van der Waals surface area contributed by atoms with Crippen LogP contribution in [0.4, 0.5) is 0 Å². The van der Waals surface area contributed by atoms with Crippen molar-refractivity contribution in [3.8, 4) is 5.75 Å². The zero-order chi connectivity index (χ0) is 15.2. The number of benzene rings is 1. The number of amides is 1. The highest BCUT2D eigenvalue weighted by molar-refractivity contribution is 5.95. The van der Waals surface area contributed by atoms with E-state index < -0.39 is 0 Å². The second-order valence-corrected chi connectivity index (χ2v) is 5.23. The van der Waals surface area contributed by atoms with Crippen molar-refractivity contribution in [3.05, 3.63) is 29.8 Å². The van der Waals surface area contributed by atoms with E-state index in [2.05, 4.69) is 5.32 Å². The molecule has 0 aliphatic carbocycles. The van der Waals surface area contributed by atoms with E-state index in [1.165, 1.54) is 0 Å². The highest BCUT2D eigenvalue weighted by atomic mass is 35.5. The smallest absolute Gasteiger partial charge is 0.260 e. The topological polar surface area (TPSA) is 58.6 Å². The van der Waals surface area contributed by atoms with Gasteiger partial charge in [-0.2, -0.15) is 0 Å². The van der Waals surface area contributed by atoms with Crippen LogP contribution in [0.25, 0.3) is 0 Å². The maximum Gasteiger partial charge on any atom is 0.260 e. The minimum Gasteiger partial charge on any atom is -0.484 e. The molecule has 0 saturated carbocycles. The molecule has 1 aliphatic heterocycles. The largest absolute Gasteiger partial charge is 0.484 e. The van der Waals surface area contributed by atoms with Gasteiger partial charge in [0.05, 0.1) is 0 Å². The van der Waals surface area contributed by atoms with Crippen LogP contribution in [-0.4, -0.2) is 48.9 Å². The maximum atomic E-state index is 12.1. The molecule has 6 heteroatoms. The van der Waals surface area contributed by atoms with Crippen molar-refractivity contribution < 1.29 is 14.3 Å². The number of halogens is 1.